The van der Waals surface area contributed by atoms with Gasteiger partial charge in [0.25, 0.3) is 5.91 Å². The molecular formula is C16H25ClN2O3S. The molecule has 0 saturated heterocycles. The number of sulfonamides is 1. The summed E-state index contributed by atoms with van der Waals surface area (Å²) in [5, 5.41) is 3.13. The van der Waals surface area contributed by atoms with Gasteiger partial charge in [0.05, 0.1) is 16.8 Å². The minimum atomic E-state index is -3.37. The monoisotopic (exact) mass is 360 g/mol. The van der Waals surface area contributed by atoms with E-state index in [9.17, 15) is 13.2 Å². The lowest BCUT2D eigenvalue weighted by Crippen LogP contribution is -2.29. The molecule has 0 spiro atoms. The van der Waals surface area contributed by atoms with E-state index >= 15 is 0 Å². The number of anilines is 1. The number of carbonyl (C=O) groups is 1. The van der Waals surface area contributed by atoms with Crippen molar-refractivity contribution in [3.8, 4) is 0 Å². The maximum absolute atomic E-state index is 12.2. The third-order valence-corrected chi connectivity index (χ3v) is 4.53. The highest BCUT2D eigenvalue weighted by molar-refractivity contribution is 7.92. The number of nitrogens with one attached hydrogen (secondary N) is 2. The van der Waals surface area contributed by atoms with E-state index in [1.165, 1.54) is 18.2 Å². The number of halogens is 1. The van der Waals surface area contributed by atoms with Crippen LogP contribution in [0.4, 0.5) is 5.69 Å². The smallest absolute Gasteiger partial charge is 0.252 e. The SMILES string of the molecule is CCCC[C@H](CC)CNC(=O)c1ccc(NS(C)(=O)=O)cc1Cl. The largest absolute Gasteiger partial charge is 0.352 e. The van der Waals surface area contributed by atoms with Crippen molar-refractivity contribution in [2.24, 2.45) is 5.92 Å². The van der Waals surface area contributed by atoms with Gasteiger partial charge in [-0.25, -0.2) is 8.42 Å². The molecular weight excluding hydrogens is 336 g/mol. The van der Waals surface area contributed by atoms with E-state index in [-0.39, 0.29) is 10.9 Å². The van der Waals surface area contributed by atoms with Crippen LogP contribution in [-0.2, 0) is 10.0 Å². The van der Waals surface area contributed by atoms with Gasteiger partial charge in [0.15, 0.2) is 0 Å². The summed E-state index contributed by atoms with van der Waals surface area (Å²) in [7, 11) is -3.37. The Labute approximate surface area is 143 Å². The predicted molar refractivity (Wildman–Crippen MR) is 95.6 cm³/mol. The van der Waals surface area contributed by atoms with Crippen LogP contribution in [0.25, 0.3) is 0 Å². The minimum absolute atomic E-state index is 0.220. The normalized spacial score (nSPS) is 12.7. The van der Waals surface area contributed by atoms with E-state index in [1.54, 1.807) is 0 Å². The molecule has 1 rings (SSSR count). The Morgan fingerprint density at radius 2 is 2.00 bits per heavy atom. The van der Waals surface area contributed by atoms with Crippen LogP contribution < -0.4 is 10.0 Å². The summed E-state index contributed by atoms with van der Waals surface area (Å²) in [6.07, 6.45) is 5.47. The van der Waals surface area contributed by atoms with Gasteiger partial charge >= 0.3 is 0 Å². The number of benzene rings is 1. The van der Waals surface area contributed by atoms with Gasteiger partial charge in [0.1, 0.15) is 0 Å². The highest BCUT2D eigenvalue weighted by Crippen LogP contribution is 2.22. The lowest BCUT2D eigenvalue weighted by atomic mass is 9.99. The van der Waals surface area contributed by atoms with Crippen LogP contribution in [0.15, 0.2) is 18.2 Å². The molecule has 0 saturated carbocycles. The molecule has 1 amide bonds. The summed E-state index contributed by atoms with van der Waals surface area (Å²) in [4.78, 5) is 12.2. The maximum Gasteiger partial charge on any atom is 0.252 e. The molecule has 0 fully saturated rings. The Morgan fingerprint density at radius 3 is 2.52 bits per heavy atom. The Morgan fingerprint density at radius 1 is 1.30 bits per heavy atom. The molecule has 0 bridgehead atoms. The van der Waals surface area contributed by atoms with Crippen LogP contribution in [-0.4, -0.2) is 27.1 Å². The fraction of sp³-hybridized carbons (Fsp3) is 0.562. The molecule has 7 heteroatoms. The van der Waals surface area contributed by atoms with Gasteiger partial charge in [-0.05, 0) is 30.5 Å². The molecule has 1 aromatic carbocycles. The number of amides is 1. The lowest BCUT2D eigenvalue weighted by molar-refractivity contribution is 0.0946. The molecule has 0 aliphatic carbocycles. The summed E-state index contributed by atoms with van der Waals surface area (Å²) in [6, 6.07) is 4.49. The highest BCUT2D eigenvalue weighted by Gasteiger charge is 2.14. The fourth-order valence-corrected chi connectivity index (χ4v) is 3.07. The molecule has 0 aromatic heterocycles. The van der Waals surface area contributed by atoms with Crippen LogP contribution in [0.5, 0.6) is 0 Å². The van der Waals surface area contributed by atoms with Crippen molar-refractivity contribution < 1.29 is 13.2 Å². The molecule has 0 aliphatic rings. The molecule has 0 heterocycles. The van der Waals surface area contributed by atoms with Gasteiger partial charge in [-0.2, -0.15) is 0 Å². The zero-order valence-corrected chi connectivity index (χ0v) is 15.4. The van der Waals surface area contributed by atoms with Gasteiger partial charge in [-0.1, -0.05) is 44.7 Å². The Kier molecular flexibility index (Phi) is 7.85. The second-order valence-corrected chi connectivity index (χ2v) is 7.85. The van der Waals surface area contributed by atoms with Crippen molar-refractivity contribution >= 4 is 33.2 Å². The first kappa shape index (κ1) is 19.8. The third-order valence-electron chi connectivity index (χ3n) is 3.61. The fourth-order valence-electron chi connectivity index (χ4n) is 2.25. The maximum atomic E-state index is 12.2. The number of carbonyl (C=O) groups excluding carboxylic acids is 1. The van der Waals surface area contributed by atoms with Crippen molar-refractivity contribution in [1.82, 2.24) is 5.32 Å². The van der Waals surface area contributed by atoms with Gasteiger partial charge < -0.3 is 5.32 Å². The molecule has 0 radical (unpaired) electrons. The van der Waals surface area contributed by atoms with Gasteiger partial charge in [-0.15, -0.1) is 0 Å². The first-order chi connectivity index (χ1) is 10.8. The average molecular weight is 361 g/mol. The van der Waals surface area contributed by atoms with Crippen LogP contribution in [0, 0.1) is 5.92 Å². The van der Waals surface area contributed by atoms with Gasteiger partial charge in [0.2, 0.25) is 10.0 Å². The van der Waals surface area contributed by atoms with E-state index in [4.69, 9.17) is 11.6 Å². The lowest BCUT2D eigenvalue weighted by Gasteiger charge is -2.16. The van der Waals surface area contributed by atoms with Crippen molar-refractivity contribution in [3.63, 3.8) is 0 Å². The topological polar surface area (TPSA) is 75.3 Å². The summed E-state index contributed by atoms with van der Waals surface area (Å²) < 4.78 is 24.7. The van der Waals surface area contributed by atoms with Crippen molar-refractivity contribution in [2.45, 2.75) is 39.5 Å². The van der Waals surface area contributed by atoms with Crippen molar-refractivity contribution in [2.75, 3.05) is 17.5 Å². The first-order valence-electron chi connectivity index (χ1n) is 7.82. The van der Waals surface area contributed by atoms with Gasteiger partial charge in [0, 0.05) is 12.2 Å². The predicted octanol–water partition coefficient (Wildman–Crippen LogP) is 3.66. The van der Waals surface area contributed by atoms with Crippen molar-refractivity contribution in [1.29, 1.82) is 0 Å². The first-order valence-corrected chi connectivity index (χ1v) is 10.1. The molecule has 1 atom stereocenters. The van der Waals surface area contributed by atoms with Gasteiger partial charge in [-0.3, -0.25) is 9.52 Å². The Hall–Kier alpha value is -1.27. The van der Waals surface area contributed by atoms with Crippen molar-refractivity contribution in [3.05, 3.63) is 28.8 Å². The Balaban J connectivity index is 2.69. The van der Waals surface area contributed by atoms with E-state index in [0.29, 0.717) is 23.7 Å². The van der Waals surface area contributed by atoms with Crippen LogP contribution >= 0.6 is 11.6 Å². The molecule has 5 nitrogen and oxygen atoms in total. The highest BCUT2D eigenvalue weighted by atomic mass is 35.5. The second-order valence-electron chi connectivity index (χ2n) is 5.70. The minimum Gasteiger partial charge on any atom is -0.352 e. The number of hydrogen-bond acceptors (Lipinski definition) is 3. The Bertz CT molecular complexity index is 632. The summed E-state index contributed by atoms with van der Waals surface area (Å²) >= 11 is 6.09. The summed E-state index contributed by atoms with van der Waals surface area (Å²) in [5.41, 5.74) is 0.680. The van der Waals surface area contributed by atoms with E-state index in [1.807, 2.05) is 0 Å². The van der Waals surface area contributed by atoms with Crippen LogP contribution in [0.2, 0.25) is 5.02 Å². The molecule has 0 unspecified atom stereocenters. The number of unbranched alkanes of at least 4 members (excludes halogenated alkanes) is 1. The molecule has 1 aromatic rings. The quantitative estimate of drug-likeness (QED) is 0.705. The molecule has 0 aliphatic heterocycles. The summed E-state index contributed by atoms with van der Waals surface area (Å²) in [5.74, 6) is 0.222. The second kappa shape index (κ2) is 9.13. The summed E-state index contributed by atoms with van der Waals surface area (Å²) in [6.45, 7) is 4.89. The molecule has 2 N–H and O–H groups in total. The van der Waals surface area contributed by atoms with E-state index in [2.05, 4.69) is 23.9 Å². The zero-order chi connectivity index (χ0) is 17.5. The third kappa shape index (κ3) is 7.22. The average Bonchev–Trinajstić information content (AvgIpc) is 2.45. The number of hydrogen-bond donors (Lipinski definition) is 2. The standard InChI is InChI=1S/C16H25ClN2O3S/c1-4-6-7-12(5-2)11-18-16(20)14-9-8-13(10-15(14)17)19-23(3,21)22/h8-10,12,19H,4-7,11H2,1-3H3,(H,18,20)/t12-/m0/s1. The van der Waals surface area contributed by atoms with Crippen LogP contribution in [0.1, 0.15) is 49.9 Å². The zero-order valence-electron chi connectivity index (χ0n) is 13.9. The van der Waals surface area contributed by atoms with Crippen LogP contribution in [0.3, 0.4) is 0 Å². The number of rotatable bonds is 9. The molecule has 130 valence electrons. The van der Waals surface area contributed by atoms with E-state index in [0.717, 1.165) is 31.9 Å². The van der Waals surface area contributed by atoms with E-state index < -0.39 is 10.0 Å². The molecule has 23 heavy (non-hydrogen) atoms.